The second-order valence-electron chi connectivity index (χ2n) is 6.48. The molecule has 1 amide bonds. The number of carbonyl (C=O) groups excluding carboxylic acids is 1. The molecule has 0 atom stereocenters. The van der Waals surface area contributed by atoms with E-state index >= 15 is 0 Å². The van der Waals surface area contributed by atoms with Gasteiger partial charge in [-0.1, -0.05) is 60.7 Å². The quantitative estimate of drug-likeness (QED) is 0.445. The zero-order chi connectivity index (χ0) is 21.4. The Labute approximate surface area is 175 Å². The molecule has 154 valence electrons. The summed E-state index contributed by atoms with van der Waals surface area (Å²) in [5.74, 6) is 0.537. The first-order valence-electron chi connectivity index (χ1n) is 9.57. The van der Waals surface area contributed by atoms with Crippen LogP contribution in [-0.4, -0.2) is 30.9 Å². The molecule has 0 aliphatic carbocycles. The van der Waals surface area contributed by atoms with E-state index in [1.54, 1.807) is 73.8 Å². The smallest absolute Gasteiger partial charge is 0.281 e. The lowest BCUT2D eigenvalue weighted by Gasteiger charge is -2.27. The first-order chi connectivity index (χ1) is 14.6. The molecule has 0 radical (unpaired) electrons. The molecule has 3 aromatic carbocycles. The van der Waals surface area contributed by atoms with Crippen LogP contribution in [0.5, 0.6) is 11.5 Å². The van der Waals surface area contributed by atoms with E-state index < -0.39 is 11.5 Å². The Kier molecular flexibility index (Phi) is 6.83. The number of benzene rings is 3. The summed E-state index contributed by atoms with van der Waals surface area (Å²) in [6.45, 7) is 2.42. The third kappa shape index (κ3) is 4.50. The van der Waals surface area contributed by atoms with Crippen LogP contribution >= 0.6 is 0 Å². The molecule has 0 heterocycles. The number of nitrogens with zero attached hydrogens (tertiary/aromatic N) is 1. The molecule has 6 heteroatoms. The standard InChI is InChI=1S/C24H24N2O4/c1-3-30-21-15-14-18(16-22(21)29-2)17-25-26-23(27)24(28,19-10-6-4-7-11-19)20-12-8-5-9-13-20/h4-17,28H,3H2,1-2H3,(H,26,27)/b25-17+. The largest absolute Gasteiger partial charge is 0.493 e. The molecule has 0 fully saturated rings. The molecule has 3 rings (SSSR count). The van der Waals surface area contributed by atoms with Gasteiger partial charge in [0.2, 0.25) is 0 Å². The average Bonchev–Trinajstić information content (AvgIpc) is 2.80. The molecular formula is C24H24N2O4. The predicted molar refractivity (Wildman–Crippen MR) is 116 cm³/mol. The minimum Gasteiger partial charge on any atom is -0.493 e. The van der Waals surface area contributed by atoms with Gasteiger partial charge in [0.05, 0.1) is 19.9 Å². The van der Waals surface area contributed by atoms with Crippen LogP contribution in [0.4, 0.5) is 0 Å². The number of hydrazone groups is 1. The van der Waals surface area contributed by atoms with E-state index in [2.05, 4.69) is 10.5 Å². The van der Waals surface area contributed by atoms with Gasteiger partial charge in [-0.3, -0.25) is 4.79 Å². The summed E-state index contributed by atoms with van der Waals surface area (Å²) in [7, 11) is 1.56. The molecule has 0 aromatic heterocycles. The van der Waals surface area contributed by atoms with Crippen LogP contribution in [-0.2, 0) is 10.4 Å². The number of aliphatic hydroxyl groups is 1. The molecule has 3 aromatic rings. The minimum atomic E-state index is -1.88. The summed E-state index contributed by atoms with van der Waals surface area (Å²) in [4.78, 5) is 13.0. The molecule has 0 unspecified atom stereocenters. The number of nitrogens with one attached hydrogen (secondary N) is 1. The lowest BCUT2D eigenvalue weighted by Crippen LogP contribution is -2.43. The number of hydrogen-bond donors (Lipinski definition) is 2. The van der Waals surface area contributed by atoms with Crippen LogP contribution < -0.4 is 14.9 Å². The second kappa shape index (κ2) is 9.71. The van der Waals surface area contributed by atoms with Gasteiger partial charge in [0.15, 0.2) is 17.1 Å². The summed E-state index contributed by atoms with van der Waals surface area (Å²) in [6, 6.07) is 22.9. The fourth-order valence-electron chi connectivity index (χ4n) is 3.07. The van der Waals surface area contributed by atoms with Crippen molar-refractivity contribution in [1.82, 2.24) is 5.43 Å². The molecule has 30 heavy (non-hydrogen) atoms. The summed E-state index contributed by atoms with van der Waals surface area (Å²) in [6.07, 6.45) is 1.48. The maximum absolute atomic E-state index is 13.0. The van der Waals surface area contributed by atoms with Crippen LogP contribution in [0.3, 0.4) is 0 Å². The highest BCUT2D eigenvalue weighted by Crippen LogP contribution is 2.30. The lowest BCUT2D eigenvalue weighted by molar-refractivity contribution is -0.136. The van der Waals surface area contributed by atoms with Crippen molar-refractivity contribution in [2.75, 3.05) is 13.7 Å². The van der Waals surface area contributed by atoms with Crippen LogP contribution in [0.15, 0.2) is 84.0 Å². The Morgan fingerprint density at radius 3 is 2.13 bits per heavy atom. The van der Waals surface area contributed by atoms with Gasteiger partial charge in [0, 0.05) is 0 Å². The highest BCUT2D eigenvalue weighted by atomic mass is 16.5. The van der Waals surface area contributed by atoms with Crippen LogP contribution in [0.1, 0.15) is 23.6 Å². The zero-order valence-corrected chi connectivity index (χ0v) is 16.9. The summed E-state index contributed by atoms with van der Waals surface area (Å²) >= 11 is 0. The number of methoxy groups -OCH3 is 1. The Morgan fingerprint density at radius 1 is 1.00 bits per heavy atom. The fraction of sp³-hybridized carbons (Fsp3) is 0.167. The van der Waals surface area contributed by atoms with Gasteiger partial charge in [-0.25, -0.2) is 5.43 Å². The van der Waals surface area contributed by atoms with Crippen molar-refractivity contribution in [1.29, 1.82) is 0 Å². The van der Waals surface area contributed by atoms with Crippen molar-refractivity contribution >= 4 is 12.1 Å². The Balaban J connectivity index is 1.84. The van der Waals surface area contributed by atoms with E-state index in [0.717, 1.165) is 0 Å². The van der Waals surface area contributed by atoms with Gasteiger partial charge in [-0.05, 0) is 41.8 Å². The number of amides is 1. The van der Waals surface area contributed by atoms with E-state index in [1.165, 1.54) is 6.21 Å². The summed E-state index contributed by atoms with van der Waals surface area (Å²) < 4.78 is 10.8. The van der Waals surface area contributed by atoms with Crippen LogP contribution in [0, 0.1) is 0 Å². The highest BCUT2D eigenvalue weighted by Gasteiger charge is 2.39. The summed E-state index contributed by atoms with van der Waals surface area (Å²) in [5, 5.41) is 15.4. The van der Waals surface area contributed by atoms with Crippen molar-refractivity contribution in [3.63, 3.8) is 0 Å². The zero-order valence-electron chi connectivity index (χ0n) is 16.9. The van der Waals surface area contributed by atoms with Crippen molar-refractivity contribution < 1.29 is 19.4 Å². The van der Waals surface area contributed by atoms with E-state index in [0.29, 0.717) is 34.8 Å². The monoisotopic (exact) mass is 404 g/mol. The van der Waals surface area contributed by atoms with E-state index in [-0.39, 0.29) is 0 Å². The fourth-order valence-corrected chi connectivity index (χ4v) is 3.07. The molecule has 0 saturated heterocycles. The molecule has 2 N–H and O–H groups in total. The highest BCUT2D eigenvalue weighted by molar-refractivity contribution is 5.91. The minimum absolute atomic E-state index is 0.451. The van der Waals surface area contributed by atoms with E-state index in [9.17, 15) is 9.90 Å². The SMILES string of the molecule is CCOc1ccc(/C=N/NC(=O)C(O)(c2ccccc2)c2ccccc2)cc1OC. The van der Waals surface area contributed by atoms with Crippen molar-refractivity contribution in [2.45, 2.75) is 12.5 Å². The first-order valence-corrected chi connectivity index (χ1v) is 9.57. The van der Waals surface area contributed by atoms with Crippen LogP contribution in [0.25, 0.3) is 0 Å². The van der Waals surface area contributed by atoms with Crippen molar-refractivity contribution in [3.05, 3.63) is 95.6 Å². The van der Waals surface area contributed by atoms with Crippen molar-refractivity contribution in [3.8, 4) is 11.5 Å². The third-order valence-corrected chi connectivity index (χ3v) is 4.58. The maximum Gasteiger partial charge on any atom is 0.281 e. The molecule has 0 spiro atoms. The summed E-state index contributed by atoms with van der Waals surface area (Å²) in [5.41, 5.74) is 2.18. The van der Waals surface area contributed by atoms with Gasteiger partial charge >= 0.3 is 0 Å². The Hall–Kier alpha value is -3.64. The third-order valence-electron chi connectivity index (χ3n) is 4.58. The Bertz CT molecular complexity index is 965. The van der Waals surface area contributed by atoms with Gasteiger partial charge < -0.3 is 14.6 Å². The van der Waals surface area contributed by atoms with Gasteiger partial charge in [0.25, 0.3) is 5.91 Å². The molecule has 6 nitrogen and oxygen atoms in total. The van der Waals surface area contributed by atoms with Crippen LogP contribution in [0.2, 0.25) is 0 Å². The maximum atomic E-state index is 13.0. The lowest BCUT2D eigenvalue weighted by atomic mass is 9.85. The number of ether oxygens (including phenoxy) is 2. The predicted octanol–water partition coefficient (Wildman–Crippen LogP) is 3.48. The Morgan fingerprint density at radius 2 is 1.60 bits per heavy atom. The van der Waals surface area contributed by atoms with Crippen molar-refractivity contribution in [2.24, 2.45) is 5.10 Å². The molecule has 0 aliphatic rings. The molecular weight excluding hydrogens is 380 g/mol. The number of carbonyl (C=O) groups is 1. The molecule has 0 saturated carbocycles. The topological polar surface area (TPSA) is 80.2 Å². The first kappa shape index (κ1) is 21.1. The normalized spacial score (nSPS) is 11.3. The molecule has 0 bridgehead atoms. The van der Waals surface area contributed by atoms with Gasteiger partial charge in [-0.15, -0.1) is 0 Å². The number of hydrogen-bond acceptors (Lipinski definition) is 5. The number of rotatable bonds is 8. The van der Waals surface area contributed by atoms with E-state index in [1.807, 2.05) is 19.1 Å². The van der Waals surface area contributed by atoms with E-state index in [4.69, 9.17) is 9.47 Å². The average molecular weight is 404 g/mol. The van der Waals surface area contributed by atoms with Gasteiger partial charge in [0.1, 0.15) is 0 Å². The molecule has 0 aliphatic heterocycles. The van der Waals surface area contributed by atoms with Gasteiger partial charge in [-0.2, -0.15) is 5.10 Å². The second-order valence-corrected chi connectivity index (χ2v) is 6.48.